The van der Waals surface area contributed by atoms with Crippen molar-refractivity contribution in [2.24, 2.45) is 0 Å². The zero-order valence-corrected chi connectivity index (χ0v) is 40.5. The van der Waals surface area contributed by atoms with Gasteiger partial charge in [-0.3, -0.25) is 4.98 Å². The summed E-state index contributed by atoms with van der Waals surface area (Å²) in [5, 5.41) is 3.17. The Morgan fingerprint density at radius 2 is 1.36 bits per heavy atom. The van der Waals surface area contributed by atoms with E-state index in [9.17, 15) is 0 Å². The van der Waals surface area contributed by atoms with Crippen molar-refractivity contribution in [2.75, 3.05) is 0 Å². The van der Waals surface area contributed by atoms with Crippen LogP contribution in [0.5, 0.6) is 0 Å². The topological polar surface area (TPSA) is 69.6 Å². The third kappa shape index (κ3) is 8.91. The van der Waals surface area contributed by atoms with Crippen LogP contribution in [0.2, 0.25) is 19.6 Å². The van der Waals surface area contributed by atoms with Crippen LogP contribution in [0.15, 0.2) is 163 Å². The largest absolute Gasteiger partial charge is 0.501 e. The minimum atomic E-state index is -1.76. The van der Waals surface area contributed by atoms with Crippen molar-refractivity contribution < 1.29 is 27.3 Å². The second-order valence-corrected chi connectivity index (χ2v) is 22.5. The van der Waals surface area contributed by atoms with Crippen LogP contribution in [0, 0.1) is 12.1 Å². The Hall–Kier alpha value is -6.31. The molecule has 0 aliphatic heterocycles. The summed E-state index contributed by atoms with van der Waals surface area (Å²) in [5.74, 6) is 1.23. The SMILES string of the molecule is CC(C)c1cc(-c2ccccc2)cc(C(C)C)c1-n1c(-c2[c-]ccc3c2oc2ccccc23)nc2nccnc21.[2H]C([2H])(c1ccccc1)c1cc(-c2[c-]cccc2)ncc1[Si](C)(C)C.[Ir]. The van der Waals surface area contributed by atoms with E-state index in [0.717, 1.165) is 66.7 Å². The minimum Gasteiger partial charge on any atom is -0.501 e. The third-order valence-corrected chi connectivity index (χ3v) is 13.4. The molecule has 0 saturated carbocycles. The maximum absolute atomic E-state index is 8.84. The van der Waals surface area contributed by atoms with Gasteiger partial charge in [0.25, 0.3) is 0 Å². The molecule has 0 bridgehead atoms. The standard InChI is InChI=1S/C35H29N4O.C21H22NSi.Ir/c1-21(2)28-19-24(23-11-6-5-7-12-23)20-29(22(3)4)31(28)39-34(38-33-35(39)37-18-17-36-33)27-15-10-14-26-25-13-8-9-16-30(25)40-32(26)27;1-23(2,3)21-16-22-20(18-12-8-5-9-13-18)15-19(21)14-17-10-6-4-7-11-17;/h5-14,16-22H,1-4H3;4-12,15-16H,14H2,1-3H3;/q2*-1;/i;14D2;. The van der Waals surface area contributed by atoms with Crippen molar-refractivity contribution >= 4 is 46.5 Å². The second kappa shape index (κ2) is 18.8. The van der Waals surface area contributed by atoms with Gasteiger partial charge in [0.1, 0.15) is 5.58 Å². The number of imidazole rings is 1. The van der Waals surface area contributed by atoms with Gasteiger partial charge in [0.2, 0.25) is 0 Å². The number of nitrogens with zero attached hydrogens (tertiary/aromatic N) is 5. The molecule has 6 aromatic carbocycles. The smallest absolute Gasteiger partial charge is 0.188 e. The van der Waals surface area contributed by atoms with Crippen LogP contribution in [0.25, 0.3) is 72.7 Å². The van der Waals surface area contributed by atoms with Crippen molar-refractivity contribution in [1.29, 1.82) is 0 Å². The van der Waals surface area contributed by atoms with E-state index in [4.69, 9.17) is 17.1 Å². The molecule has 10 aromatic rings. The molecule has 6 nitrogen and oxygen atoms in total. The number of hydrogen-bond acceptors (Lipinski definition) is 5. The van der Waals surface area contributed by atoms with E-state index < -0.39 is 14.4 Å². The molecule has 0 saturated heterocycles. The van der Waals surface area contributed by atoms with Gasteiger partial charge in [0.05, 0.1) is 19.5 Å². The number of pyridine rings is 1. The van der Waals surface area contributed by atoms with Gasteiger partial charge in [-0.2, -0.15) is 0 Å². The molecule has 8 heteroatoms. The Bertz CT molecular complexity index is 3260. The summed E-state index contributed by atoms with van der Waals surface area (Å²) in [6.45, 7) is 15.7. The Balaban J connectivity index is 0.000000197. The van der Waals surface area contributed by atoms with E-state index in [1.54, 1.807) is 12.4 Å². The summed E-state index contributed by atoms with van der Waals surface area (Å²) in [7, 11) is -1.76. The molecule has 64 heavy (non-hydrogen) atoms. The third-order valence-electron chi connectivity index (χ3n) is 11.4. The van der Waals surface area contributed by atoms with Gasteiger partial charge in [-0.15, -0.1) is 54.1 Å². The van der Waals surface area contributed by atoms with Crippen molar-refractivity contribution in [3.8, 4) is 39.5 Å². The average Bonchev–Trinajstić information content (AvgIpc) is 3.90. The fourth-order valence-corrected chi connectivity index (χ4v) is 9.59. The Kier molecular flexibility index (Phi) is 12.2. The van der Waals surface area contributed by atoms with Crippen molar-refractivity contribution in [3.05, 3.63) is 193 Å². The molecule has 0 aliphatic rings. The quantitative estimate of drug-likeness (QED) is 0.106. The van der Waals surface area contributed by atoms with Crippen molar-refractivity contribution in [2.45, 2.75) is 65.5 Å². The molecule has 0 aliphatic carbocycles. The monoisotopic (exact) mass is 1030 g/mol. The van der Waals surface area contributed by atoms with Gasteiger partial charge in [-0.05, 0) is 75.1 Å². The Morgan fingerprint density at radius 3 is 2.05 bits per heavy atom. The number of furan rings is 1. The van der Waals surface area contributed by atoms with Gasteiger partial charge in [0.15, 0.2) is 11.3 Å². The van der Waals surface area contributed by atoms with Gasteiger partial charge >= 0.3 is 0 Å². The number of para-hydroxylation sites is 1. The molecule has 321 valence electrons. The molecule has 10 rings (SSSR count). The van der Waals surface area contributed by atoms with Crippen molar-refractivity contribution in [1.82, 2.24) is 24.5 Å². The normalized spacial score (nSPS) is 12.3. The van der Waals surface area contributed by atoms with Crippen LogP contribution in [0.3, 0.4) is 0 Å². The molecular formula is C56H51IrN5OSi-2. The first-order chi connectivity index (χ1) is 31.3. The van der Waals surface area contributed by atoms with Crippen LogP contribution in [-0.2, 0) is 26.5 Å². The average molecular weight is 1030 g/mol. The van der Waals surface area contributed by atoms with Crippen LogP contribution in [-0.4, -0.2) is 32.6 Å². The van der Waals surface area contributed by atoms with E-state index in [2.05, 4.69) is 129 Å². The number of aromatic nitrogens is 5. The summed E-state index contributed by atoms with van der Waals surface area (Å²) < 4.78 is 26.3. The number of fused-ring (bicyclic) bond motifs is 4. The second-order valence-electron chi connectivity index (χ2n) is 17.5. The maximum atomic E-state index is 8.84. The summed E-state index contributed by atoms with van der Waals surface area (Å²) in [4.78, 5) is 19.1. The molecule has 0 unspecified atom stereocenters. The van der Waals surface area contributed by atoms with E-state index in [1.165, 1.54) is 22.3 Å². The summed E-state index contributed by atoms with van der Waals surface area (Å²) >= 11 is 0. The number of rotatable bonds is 9. The van der Waals surface area contributed by atoms with E-state index in [0.29, 0.717) is 11.2 Å². The van der Waals surface area contributed by atoms with E-state index in [-0.39, 0.29) is 31.9 Å². The molecule has 1 radical (unpaired) electrons. The fraction of sp³-hybridized carbons (Fsp3) is 0.179. The number of benzene rings is 6. The molecule has 4 heterocycles. The first-order valence-corrected chi connectivity index (χ1v) is 25.1. The maximum Gasteiger partial charge on any atom is 0.188 e. The molecule has 0 spiro atoms. The predicted octanol–water partition coefficient (Wildman–Crippen LogP) is 13.8. The van der Waals surface area contributed by atoms with Crippen LogP contribution in [0.4, 0.5) is 0 Å². The van der Waals surface area contributed by atoms with Gasteiger partial charge in [-0.25, -0.2) is 9.97 Å². The summed E-state index contributed by atoms with van der Waals surface area (Å²) in [6, 6.07) is 53.0. The molecule has 0 N–H and O–H groups in total. The van der Waals surface area contributed by atoms with Crippen molar-refractivity contribution in [3.63, 3.8) is 0 Å². The van der Waals surface area contributed by atoms with E-state index in [1.807, 2.05) is 91.1 Å². The Labute approximate surface area is 393 Å². The zero-order valence-electron chi connectivity index (χ0n) is 39.1. The van der Waals surface area contributed by atoms with E-state index >= 15 is 0 Å². The zero-order chi connectivity index (χ0) is 45.5. The van der Waals surface area contributed by atoms with Gasteiger partial charge < -0.3 is 14.0 Å². The first-order valence-electron chi connectivity index (χ1n) is 22.6. The molecular weight excluding hydrogens is 979 g/mol. The molecule has 0 fully saturated rings. The molecule has 4 aromatic heterocycles. The summed E-state index contributed by atoms with van der Waals surface area (Å²) in [5.41, 5.74) is 12.7. The van der Waals surface area contributed by atoms with Crippen LogP contribution < -0.4 is 5.19 Å². The fourth-order valence-electron chi connectivity index (χ4n) is 8.20. The molecule has 0 atom stereocenters. The van der Waals surface area contributed by atoms with Crippen LogP contribution >= 0.6 is 0 Å². The summed E-state index contributed by atoms with van der Waals surface area (Å²) in [6.07, 6.45) is 3.74. The molecule has 0 amide bonds. The van der Waals surface area contributed by atoms with Gasteiger partial charge in [-0.1, -0.05) is 149 Å². The first kappa shape index (κ1) is 41.7. The predicted molar refractivity (Wildman–Crippen MR) is 263 cm³/mol. The minimum absolute atomic E-state index is 0. The Morgan fingerprint density at radius 1 is 0.688 bits per heavy atom. The number of hydrogen-bond donors (Lipinski definition) is 0. The van der Waals surface area contributed by atoms with Crippen LogP contribution in [0.1, 0.15) is 64.5 Å². The van der Waals surface area contributed by atoms with Gasteiger partial charge in [0, 0.05) is 52.5 Å².